The minimum absolute atomic E-state index is 0.190. The molecule has 7 heteroatoms. The summed E-state index contributed by atoms with van der Waals surface area (Å²) >= 11 is 0. The van der Waals surface area contributed by atoms with Gasteiger partial charge in [0, 0.05) is 20.1 Å². The number of aryl methyl sites for hydroxylation is 1. The summed E-state index contributed by atoms with van der Waals surface area (Å²) in [5, 5.41) is 0. The van der Waals surface area contributed by atoms with Gasteiger partial charge in [0.2, 0.25) is 11.7 Å². The van der Waals surface area contributed by atoms with Crippen LogP contribution in [0.1, 0.15) is 41.9 Å². The van der Waals surface area contributed by atoms with Crippen molar-refractivity contribution in [2.75, 3.05) is 20.2 Å². The van der Waals surface area contributed by atoms with Gasteiger partial charge in [0.1, 0.15) is 0 Å². The van der Waals surface area contributed by atoms with Gasteiger partial charge in [0.05, 0.1) is 17.8 Å². The number of methoxy groups -OCH3 is 1. The molecule has 1 saturated heterocycles. The molecule has 0 spiro atoms. The summed E-state index contributed by atoms with van der Waals surface area (Å²) in [6, 6.07) is 0. The molecule has 0 aliphatic carbocycles. The highest BCUT2D eigenvalue weighted by atomic mass is 16.5. The molecule has 0 aromatic carbocycles. The van der Waals surface area contributed by atoms with Gasteiger partial charge in [-0.3, -0.25) is 9.59 Å². The summed E-state index contributed by atoms with van der Waals surface area (Å²) in [5.41, 5.74) is 5.27. The first-order chi connectivity index (χ1) is 9.97. The molecule has 1 aliphatic heterocycles. The normalized spacial score (nSPS) is 22.3. The van der Waals surface area contributed by atoms with Crippen molar-refractivity contribution in [3.8, 4) is 0 Å². The number of carbonyl (C=O) groups excluding carboxylic acids is 2. The molecule has 0 unspecified atom stereocenters. The number of primary amides is 1. The predicted octanol–water partition coefficient (Wildman–Crippen LogP) is 0.870. The number of amides is 2. The standard InChI is InChI=1S/C14H21N3O4/c1-10-12(21-9-16-10)13(19)17-7-3-5-14(8-17,20-2)6-4-11(15)18/h9H,3-8H2,1-2H3,(H2,15,18)/t14-/m1/s1. The minimum atomic E-state index is -0.517. The predicted molar refractivity (Wildman–Crippen MR) is 74.5 cm³/mol. The Morgan fingerprint density at radius 1 is 1.57 bits per heavy atom. The zero-order valence-electron chi connectivity index (χ0n) is 12.4. The molecule has 2 N–H and O–H groups in total. The number of carbonyl (C=O) groups is 2. The first-order valence-electron chi connectivity index (χ1n) is 7.00. The molecule has 2 amide bonds. The molecule has 116 valence electrons. The second-order valence-corrected chi connectivity index (χ2v) is 5.45. The second kappa shape index (κ2) is 6.26. The average molecular weight is 295 g/mol. The van der Waals surface area contributed by atoms with Crippen molar-refractivity contribution >= 4 is 11.8 Å². The SMILES string of the molecule is CO[C@@]1(CCC(N)=O)CCCN(C(=O)c2ocnc2C)C1. The molecule has 1 atom stereocenters. The molecule has 7 nitrogen and oxygen atoms in total. The van der Waals surface area contributed by atoms with E-state index in [0.29, 0.717) is 25.2 Å². The number of nitrogens with two attached hydrogens (primary N) is 1. The number of oxazole rings is 1. The molecule has 2 heterocycles. The smallest absolute Gasteiger partial charge is 0.291 e. The maximum absolute atomic E-state index is 12.5. The third-order valence-corrected chi connectivity index (χ3v) is 4.03. The van der Waals surface area contributed by atoms with Crippen LogP contribution in [0, 0.1) is 6.92 Å². The summed E-state index contributed by atoms with van der Waals surface area (Å²) in [5.74, 6) is -0.289. The van der Waals surface area contributed by atoms with Gasteiger partial charge in [-0.2, -0.15) is 0 Å². The van der Waals surface area contributed by atoms with Gasteiger partial charge < -0.3 is 19.8 Å². The number of ether oxygens (including phenoxy) is 1. The van der Waals surface area contributed by atoms with E-state index in [1.54, 1.807) is 18.9 Å². The number of aromatic nitrogens is 1. The van der Waals surface area contributed by atoms with Crippen molar-refractivity contribution in [2.24, 2.45) is 5.73 Å². The third kappa shape index (κ3) is 3.41. The third-order valence-electron chi connectivity index (χ3n) is 4.03. The van der Waals surface area contributed by atoms with Crippen LogP contribution in [0.3, 0.4) is 0 Å². The molecule has 1 fully saturated rings. The molecule has 0 bridgehead atoms. The maximum Gasteiger partial charge on any atom is 0.291 e. The van der Waals surface area contributed by atoms with Crippen LogP contribution in [0.4, 0.5) is 0 Å². The van der Waals surface area contributed by atoms with E-state index in [9.17, 15) is 9.59 Å². The van der Waals surface area contributed by atoms with E-state index in [0.717, 1.165) is 12.8 Å². The molecule has 1 aromatic heterocycles. The lowest BCUT2D eigenvalue weighted by Gasteiger charge is -2.41. The minimum Gasteiger partial charge on any atom is -0.438 e. The number of nitrogens with zero attached hydrogens (tertiary/aromatic N) is 2. The second-order valence-electron chi connectivity index (χ2n) is 5.45. The summed E-state index contributed by atoms with van der Waals surface area (Å²) in [6.45, 7) is 2.80. The zero-order valence-corrected chi connectivity index (χ0v) is 12.4. The van der Waals surface area contributed by atoms with Crippen LogP contribution in [-0.2, 0) is 9.53 Å². The first-order valence-corrected chi connectivity index (χ1v) is 7.00. The molecule has 2 rings (SSSR count). The van der Waals surface area contributed by atoms with Crippen molar-refractivity contribution in [1.82, 2.24) is 9.88 Å². The van der Waals surface area contributed by atoms with Crippen LogP contribution in [0.15, 0.2) is 10.8 Å². The lowest BCUT2D eigenvalue weighted by atomic mass is 9.87. The van der Waals surface area contributed by atoms with Crippen molar-refractivity contribution in [3.63, 3.8) is 0 Å². The van der Waals surface area contributed by atoms with Crippen molar-refractivity contribution in [3.05, 3.63) is 17.8 Å². The van der Waals surface area contributed by atoms with Gasteiger partial charge in [-0.05, 0) is 26.2 Å². The van der Waals surface area contributed by atoms with Crippen LogP contribution >= 0.6 is 0 Å². The molecule has 0 radical (unpaired) electrons. The lowest BCUT2D eigenvalue weighted by Crippen LogP contribution is -2.51. The first kappa shape index (κ1) is 15.5. The highest BCUT2D eigenvalue weighted by Gasteiger charge is 2.38. The van der Waals surface area contributed by atoms with E-state index in [-0.39, 0.29) is 24.0 Å². The van der Waals surface area contributed by atoms with Gasteiger partial charge in [0.25, 0.3) is 5.91 Å². The Balaban J connectivity index is 2.10. The Bertz CT molecular complexity index is 528. The van der Waals surface area contributed by atoms with Crippen LogP contribution < -0.4 is 5.73 Å². The summed E-state index contributed by atoms with van der Waals surface area (Å²) in [4.78, 5) is 29.1. The van der Waals surface area contributed by atoms with Gasteiger partial charge in [-0.25, -0.2) is 4.98 Å². The van der Waals surface area contributed by atoms with E-state index < -0.39 is 5.60 Å². The van der Waals surface area contributed by atoms with Crippen molar-refractivity contribution in [1.29, 1.82) is 0 Å². The number of likely N-dealkylation sites (tertiary alicyclic amines) is 1. The largest absolute Gasteiger partial charge is 0.438 e. The van der Waals surface area contributed by atoms with Gasteiger partial charge in [-0.15, -0.1) is 0 Å². The monoisotopic (exact) mass is 295 g/mol. The van der Waals surface area contributed by atoms with E-state index >= 15 is 0 Å². The Morgan fingerprint density at radius 2 is 2.33 bits per heavy atom. The van der Waals surface area contributed by atoms with E-state index in [4.69, 9.17) is 14.9 Å². The zero-order chi connectivity index (χ0) is 15.5. The summed E-state index contributed by atoms with van der Waals surface area (Å²) in [7, 11) is 1.61. The molecule has 1 aromatic rings. The Hall–Kier alpha value is -1.89. The summed E-state index contributed by atoms with van der Waals surface area (Å²) in [6.07, 6.45) is 3.64. The number of hydrogen-bond donors (Lipinski definition) is 1. The van der Waals surface area contributed by atoms with Gasteiger partial charge >= 0.3 is 0 Å². The Kier molecular flexibility index (Phi) is 4.62. The maximum atomic E-state index is 12.5. The Morgan fingerprint density at radius 3 is 2.90 bits per heavy atom. The summed E-state index contributed by atoms with van der Waals surface area (Å²) < 4.78 is 10.8. The fourth-order valence-electron chi connectivity index (χ4n) is 2.75. The van der Waals surface area contributed by atoms with Gasteiger partial charge in [-0.1, -0.05) is 0 Å². The van der Waals surface area contributed by atoms with Gasteiger partial charge in [0.15, 0.2) is 6.39 Å². The van der Waals surface area contributed by atoms with E-state index in [2.05, 4.69) is 4.98 Å². The van der Waals surface area contributed by atoms with Crippen LogP contribution in [0.25, 0.3) is 0 Å². The Labute approximate surface area is 123 Å². The highest BCUT2D eigenvalue weighted by Crippen LogP contribution is 2.30. The van der Waals surface area contributed by atoms with E-state index in [1.807, 2.05) is 0 Å². The average Bonchev–Trinajstić information content (AvgIpc) is 2.91. The fraction of sp³-hybridized carbons (Fsp3) is 0.643. The molecule has 0 saturated carbocycles. The lowest BCUT2D eigenvalue weighted by molar-refractivity contribution is -0.121. The van der Waals surface area contributed by atoms with Crippen LogP contribution in [-0.4, -0.2) is 47.5 Å². The number of hydrogen-bond acceptors (Lipinski definition) is 5. The van der Waals surface area contributed by atoms with Crippen molar-refractivity contribution < 1.29 is 18.7 Å². The number of rotatable bonds is 5. The molecular formula is C14H21N3O4. The number of piperidine rings is 1. The van der Waals surface area contributed by atoms with E-state index in [1.165, 1.54) is 6.39 Å². The highest BCUT2D eigenvalue weighted by molar-refractivity contribution is 5.92. The topological polar surface area (TPSA) is 98.7 Å². The molecular weight excluding hydrogens is 274 g/mol. The quantitative estimate of drug-likeness (QED) is 0.869. The van der Waals surface area contributed by atoms with Crippen molar-refractivity contribution in [2.45, 2.75) is 38.2 Å². The molecule has 1 aliphatic rings. The molecule has 21 heavy (non-hydrogen) atoms. The van der Waals surface area contributed by atoms with Crippen LogP contribution in [0.5, 0.6) is 0 Å². The van der Waals surface area contributed by atoms with Crippen LogP contribution in [0.2, 0.25) is 0 Å². The fourth-order valence-corrected chi connectivity index (χ4v) is 2.75.